The number of anilines is 1. The van der Waals surface area contributed by atoms with Crippen LogP contribution in [0.15, 0.2) is 70.2 Å². The van der Waals surface area contributed by atoms with Gasteiger partial charge in [0, 0.05) is 16.4 Å². The van der Waals surface area contributed by atoms with Gasteiger partial charge < -0.3 is 9.67 Å². The number of aromatic nitrogens is 1. The summed E-state index contributed by atoms with van der Waals surface area (Å²) in [6.07, 6.45) is 2.59. The fourth-order valence-electron chi connectivity index (χ4n) is 3.45. The molecule has 0 aliphatic carbocycles. The molecule has 0 amide bonds. The van der Waals surface area contributed by atoms with E-state index in [0.717, 1.165) is 15.9 Å². The molecule has 2 aromatic carbocycles. The van der Waals surface area contributed by atoms with Crippen LogP contribution in [0.1, 0.15) is 25.1 Å². The Kier molecular flexibility index (Phi) is 4.08. The first kappa shape index (κ1) is 17.2. The lowest BCUT2D eigenvalue weighted by atomic mass is 10.1. The lowest BCUT2D eigenvalue weighted by Gasteiger charge is -2.38. The topological polar surface area (TPSA) is 62.5 Å². The molecule has 0 spiro atoms. The van der Waals surface area contributed by atoms with E-state index in [1.54, 1.807) is 0 Å². The molecule has 4 rings (SSSR count). The number of phenols is 1. The first-order valence-corrected chi connectivity index (χ1v) is 10.5. The highest BCUT2D eigenvalue weighted by atomic mass is 79.9. The summed E-state index contributed by atoms with van der Waals surface area (Å²) in [7, 11) is -3.80. The zero-order valence-corrected chi connectivity index (χ0v) is 16.4. The molecule has 1 aromatic heterocycles. The van der Waals surface area contributed by atoms with E-state index in [0.29, 0.717) is 12.1 Å². The Bertz CT molecular complexity index is 1070. The van der Waals surface area contributed by atoms with E-state index >= 15 is 0 Å². The van der Waals surface area contributed by atoms with E-state index in [-0.39, 0.29) is 16.7 Å². The van der Waals surface area contributed by atoms with E-state index in [4.69, 9.17) is 0 Å². The van der Waals surface area contributed by atoms with Crippen LogP contribution in [0.2, 0.25) is 0 Å². The fourth-order valence-corrected chi connectivity index (χ4v) is 5.51. The second-order valence-corrected chi connectivity index (χ2v) is 8.89. The maximum Gasteiger partial charge on any atom is 0.265 e. The fraction of sp³-hybridized carbons (Fsp3) is 0.158. The van der Waals surface area contributed by atoms with Crippen molar-refractivity contribution in [1.29, 1.82) is 0 Å². The van der Waals surface area contributed by atoms with Crippen LogP contribution >= 0.6 is 15.9 Å². The Labute approximate surface area is 160 Å². The van der Waals surface area contributed by atoms with Gasteiger partial charge in [0.15, 0.2) is 0 Å². The number of aromatic hydroxyl groups is 1. The summed E-state index contributed by atoms with van der Waals surface area (Å²) in [5.74, 6) is 0.0339. The molecule has 0 bridgehead atoms. The molecule has 0 radical (unpaired) electrons. The monoisotopic (exact) mass is 432 g/mol. The average Bonchev–Trinajstić information content (AvgIpc) is 3.10. The first-order chi connectivity index (χ1) is 12.4. The zero-order valence-electron chi connectivity index (χ0n) is 14.0. The van der Waals surface area contributed by atoms with Gasteiger partial charge in [-0.15, -0.1) is 0 Å². The molecule has 5 nitrogen and oxygen atoms in total. The Hall–Kier alpha value is -2.25. The summed E-state index contributed by atoms with van der Waals surface area (Å²) >= 11 is 3.46. The summed E-state index contributed by atoms with van der Waals surface area (Å²) in [6, 6.07) is 14.9. The third kappa shape index (κ3) is 2.54. The SMILES string of the molecule is CCC1c2cccn2-c2ccc(Br)cc2N1S(=O)(=O)c1ccc(O)cc1. The molecule has 1 aliphatic rings. The summed E-state index contributed by atoms with van der Waals surface area (Å²) in [4.78, 5) is 0.152. The van der Waals surface area contributed by atoms with Crippen molar-refractivity contribution in [3.05, 3.63) is 71.0 Å². The van der Waals surface area contributed by atoms with Gasteiger partial charge in [0.1, 0.15) is 5.75 Å². The van der Waals surface area contributed by atoms with Crippen molar-refractivity contribution in [2.24, 2.45) is 0 Å². The number of nitrogens with zero attached hydrogens (tertiary/aromatic N) is 2. The van der Waals surface area contributed by atoms with Gasteiger partial charge >= 0.3 is 0 Å². The van der Waals surface area contributed by atoms with Crippen LogP contribution < -0.4 is 4.31 Å². The molecule has 2 heterocycles. The van der Waals surface area contributed by atoms with Crippen molar-refractivity contribution >= 4 is 31.6 Å². The summed E-state index contributed by atoms with van der Waals surface area (Å²) in [5.41, 5.74) is 2.38. The number of benzene rings is 2. The van der Waals surface area contributed by atoms with Gasteiger partial charge in [-0.2, -0.15) is 0 Å². The van der Waals surface area contributed by atoms with E-state index in [2.05, 4.69) is 15.9 Å². The summed E-state index contributed by atoms with van der Waals surface area (Å²) in [5, 5.41) is 9.51. The van der Waals surface area contributed by atoms with Gasteiger partial charge in [0.25, 0.3) is 10.0 Å². The Balaban J connectivity index is 1.98. The zero-order chi connectivity index (χ0) is 18.5. The number of phenolic OH excluding ortho intramolecular Hbond substituents is 1. The van der Waals surface area contributed by atoms with Crippen molar-refractivity contribution in [1.82, 2.24) is 4.57 Å². The lowest BCUT2D eigenvalue weighted by Crippen LogP contribution is -2.39. The predicted octanol–water partition coefficient (Wildman–Crippen LogP) is 4.61. The van der Waals surface area contributed by atoms with E-state index in [9.17, 15) is 13.5 Å². The lowest BCUT2D eigenvalue weighted by molar-refractivity contribution is 0.474. The molecule has 1 atom stereocenters. The largest absolute Gasteiger partial charge is 0.508 e. The van der Waals surface area contributed by atoms with Crippen LogP contribution in [-0.4, -0.2) is 18.1 Å². The van der Waals surface area contributed by atoms with E-state index < -0.39 is 10.0 Å². The number of sulfonamides is 1. The normalized spacial score (nSPS) is 16.2. The average molecular weight is 433 g/mol. The van der Waals surface area contributed by atoms with Crippen molar-refractivity contribution in [3.8, 4) is 11.4 Å². The third-order valence-corrected chi connectivity index (χ3v) is 6.95. The Morgan fingerprint density at radius 2 is 1.81 bits per heavy atom. The van der Waals surface area contributed by atoms with Crippen LogP contribution in [0.3, 0.4) is 0 Å². The van der Waals surface area contributed by atoms with Crippen LogP contribution in [0.25, 0.3) is 5.69 Å². The van der Waals surface area contributed by atoms with Crippen molar-refractivity contribution < 1.29 is 13.5 Å². The minimum Gasteiger partial charge on any atom is -0.508 e. The smallest absolute Gasteiger partial charge is 0.265 e. The predicted molar refractivity (Wildman–Crippen MR) is 104 cm³/mol. The van der Waals surface area contributed by atoms with Gasteiger partial charge in [-0.25, -0.2) is 8.42 Å². The standard InChI is InChI=1S/C19H17BrN2O3S/c1-2-16-17-4-3-11-21(17)18-10-5-13(20)12-19(18)22(16)26(24,25)15-8-6-14(23)7-9-15/h3-12,16,23H,2H2,1H3. The van der Waals surface area contributed by atoms with E-state index in [1.807, 2.05) is 48.0 Å². The third-order valence-electron chi connectivity index (χ3n) is 4.62. The van der Waals surface area contributed by atoms with Crippen molar-refractivity contribution in [2.75, 3.05) is 4.31 Å². The number of hydrogen-bond donors (Lipinski definition) is 1. The second-order valence-electron chi connectivity index (χ2n) is 6.15. The molecule has 7 heteroatoms. The highest BCUT2D eigenvalue weighted by molar-refractivity contribution is 9.10. The molecule has 0 saturated heterocycles. The van der Waals surface area contributed by atoms with Gasteiger partial charge in [-0.05, 0) is 61.0 Å². The minimum atomic E-state index is -3.80. The van der Waals surface area contributed by atoms with Crippen LogP contribution in [-0.2, 0) is 10.0 Å². The van der Waals surface area contributed by atoms with Crippen LogP contribution in [0, 0.1) is 0 Å². The molecule has 1 aliphatic heterocycles. The molecule has 0 fully saturated rings. The van der Waals surface area contributed by atoms with Gasteiger partial charge in [-0.1, -0.05) is 22.9 Å². The molecular formula is C19H17BrN2O3S. The first-order valence-electron chi connectivity index (χ1n) is 8.24. The van der Waals surface area contributed by atoms with Gasteiger partial charge in [0.05, 0.1) is 22.3 Å². The number of rotatable bonds is 3. The Morgan fingerprint density at radius 1 is 1.08 bits per heavy atom. The second kappa shape index (κ2) is 6.17. The molecule has 1 N–H and O–H groups in total. The molecular weight excluding hydrogens is 416 g/mol. The van der Waals surface area contributed by atoms with Crippen LogP contribution in [0.4, 0.5) is 5.69 Å². The summed E-state index contributed by atoms with van der Waals surface area (Å²) in [6.45, 7) is 1.98. The maximum absolute atomic E-state index is 13.5. The van der Waals surface area contributed by atoms with Crippen LogP contribution in [0.5, 0.6) is 5.75 Å². The maximum atomic E-state index is 13.5. The molecule has 0 saturated carbocycles. The highest BCUT2D eigenvalue weighted by Crippen LogP contribution is 2.44. The molecule has 134 valence electrons. The van der Waals surface area contributed by atoms with E-state index in [1.165, 1.54) is 28.6 Å². The number of halogens is 1. The van der Waals surface area contributed by atoms with Crippen molar-refractivity contribution in [2.45, 2.75) is 24.3 Å². The molecule has 3 aromatic rings. The Morgan fingerprint density at radius 3 is 2.50 bits per heavy atom. The van der Waals surface area contributed by atoms with Gasteiger partial charge in [-0.3, -0.25) is 4.31 Å². The summed E-state index contributed by atoms with van der Waals surface area (Å²) < 4.78 is 31.3. The van der Waals surface area contributed by atoms with Crippen molar-refractivity contribution in [3.63, 3.8) is 0 Å². The minimum absolute atomic E-state index is 0.0339. The number of hydrogen-bond acceptors (Lipinski definition) is 3. The highest BCUT2D eigenvalue weighted by Gasteiger charge is 2.38. The quantitative estimate of drug-likeness (QED) is 0.657. The van der Waals surface area contributed by atoms with Gasteiger partial charge in [0.2, 0.25) is 0 Å². The molecule has 1 unspecified atom stereocenters. The molecule has 26 heavy (non-hydrogen) atoms. The number of fused-ring (bicyclic) bond motifs is 3.